The topological polar surface area (TPSA) is 24.1 Å². The van der Waals surface area contributed by atoms with E-state index in [0.717, 1.165) is 15.8 Å². The Hall–Kier alpha value is -0.350. The van der Waals surface area contributed by atoms with Gasteiger partial charge in [-0.2, -0.15) is 0 Å². The van der Waals surface area contributed by atoms with Crippen LogP contribution in [0.4, 0.5) is 11.4 Å². The lowest BCUT2D eigenvalue weighted by atomic mass is 10.3. The minimum atomic E-state index is 1.07. The molecule has 0 saturated carbocycles. The van der Waals surface area contributed by atoms with E-state index >= 15 is 0 Å². The van der Waals surface area contributed by atoms with Crippen LogP contribution < -0.4 is 10.0 Å². The molecular formula is C8H11BrN2S. The van der Waals surface area contributed by atoms with Crippen LogP contribution in [0.3, 0.4) is 0 Å². The van der Waals surface area contributed by atoms with E-state index in [4.69, 9.17) is 0 Å². The van der Waals surface area contributed by atoms with Crippen LogP contribution in [0.5, 0.6) is 0 Å². The third-order valence-electron chi connectivity index (χ3n) is 1.41. The van der Waals surface area contributed by atoms with Crippen LogP contribution in [0.15, 0.2) is 22.7 Å². The molecule has 1 aromatic carbocycles. The van der Waals surface area contributed by atoms with E-state index in [1.807, 2.05) is 25.4 Å². The maximum Gasteiger partial charge on any atom is 0.0471 e. The normalized spacial score (nSPS) is 9.58. The average Bonchev–Trinajstić information content (AvgIpc) is 2.04. The summed E-state index contributed by atoms with van der Waals surface area (Å²) < 4.78 is 4.24. The zero-order valence-electron chi connectivity index (χ0n) is 7.02. The van der Waals surface area contributed by atoms with Gasteiger partial charge in [-0.1, -0.05) is 27.9 Å². The molecule has 0 saturated heterocycles. The first-order valence-corrected chi connectivity index (χ1v) is 5.55. The van der Waals surface area contributed by atoms with Gasteiger partial charge in [0.1, 0.15) is 0 Å². The molecule has 0 spiro atoms. The molecule has 0 bridgehead atoms. The molecule has 4 heteroatoms. The SMILES string of the molecule is CNc1cc(Br)cc(NSC)c1. The summed E-state index contributed by atoms with van der Waals surface area (Å²) >= 11 is 5.02. The van der Waals surface area contributed by atoms with Gasteiger partial charge >= 0.3 is 0 Å². The molecule has 0 heterocycles. The second-order valence-electron chi connectivity index (χ2n) is 2.28. The summed E-state index contributed by atoms with van der Waals surface area (Å²) in [7, 11) is 1.91. The number of hydrogen-bond donors (Lipinski definition) is 2. The molecule has 0 aromatic heterocycles. The molecule has 0 unspecified atom stereocenters. The van der Waals surface area contributed by atoms with E-state index in [9.17, 15) is 0 Å². The van der Waals surface area contributed by atoms with Gasteiger partial charge in [0.05, 0.1) is 0 Å². The molecule has 2 N–H and O–H groups in total. The van der Waals surface area contributed by atoms with Gasteiger partial charge in [0, 0.05) is 29.2 Å². The van der Waals surface area contributed by atoms with Crippen LogP contribution in [-0.2, 0) is 0 Å². The lowest BCUT2D eigenvalue weighted by molar-refractivity contribution is 1.50. The first kappa shape index (κ1) is 9.74. The number of nitrogens with one attached hydrogen (secondary N) is 2. The predicted molar refractivity (Wildman–Crippen MR) is 60.8 cm³/mol. The Morgan fingerprint density at radius 2 is 1.92 bits per heavy atom. The zero-order valence-corrected chi connectivity index (χ0v) is 9.42. The van der Waals surface area contributed by atoms with Gasteiger partial charge in [0.25, 0.3) is 0 Å². The van der Waals surface area contributed by atoms with Crippen LogP contribution in [0, 0.1) is 0 Å². The summed E-state index contributed by atoms with van der Waals surface area (Å²) in [5.74, 6) is 0. The second kappa shape index (κ2) is 4.62. The third kappa shape index (κ3) is 2.60. The van der Waals surface area contributed by atoms with E-state index in [0.29, 0.717) is 0 Å². The van der Waals surface area contributed by atoms with E-state index in [1.54, 1.807) is 11.9 Å². The molecule has 0 aliphatic carbocycles. The van der Waals surface area contributed by atoms with Crippen molar-refractivity contribution in [3.8, 4) is 0 Å². The highest BCUT2D eigenvalue weighted by atomic mass is 79.9. The van der Waals surface area contributed by atoms with Crippen molar-refractivity contribution in [2.45, 2.75) is 0 Å². The van der Waals surface area contributed by atoms with E-state index in [1.165, 1.54) is 0 Å². The molecule has 0 aliphatic heterocycles. The van der Waals surface area contributed by atoms with E-state index < -0.39 is 0 Å². The summed E-state index contributed by atoms with van der Waals surface area (Å²) in [5, 5.41) is 3.09. The maximum absolute atomic E-state index is 3.43. The largest absolute Gasteiger partial charge is 0.388 e. The summed E-state index contributed by atoms with van der Waals surface area (Å²) in [5.41, 5.74) is 2.20. The Labute approximate surface area is 85.4 Å². The lowest BCUT2D eigenvalue weighted by Gasteiger charge is -2.06. The minimum absolute atomic E-state index is 1.07. The zero-order chi connectivity index (χ0) is 8.97. The molecule has 0 atom stereocenters. The van der Waals surface area contributed by atoms with Gasteiger partial charge in [-0.3, -0.25) is 0 Å². The quantitative estimate of drug-likeness (QED) is 0.802. The molecule has 0 fully saturated rings. The molecule has 1 rings (SSSR count). The number of hydrogen-bond acceptors (Lipinski definition) is 3. The van der Waals surface area contributed by atoms with Gasteiger partial charge in [-0.15, -0.1) is 0 Å². The van der Waals surface area contributed by atoms with Gasteiger partial charge in [-0.05, 0) is 18.2 Å². The Kier molecular flexibility index (Phi) is 3.75. The molecule has 12 heavy (non-hydrogen) atoms. The highest BCUT2D eigenvalue weighted by Crippen LogP contribution is 2.23. The Morgan fingerprint density at radius 3 is 2.50 bits per heavy atom. The minimum Gasteiger partial charge on any atom is -0.388 e. The molecule has 2 nitrogen and oxygen atoms in total. The van der Waals surface area contributed by atoms with Crippen molar-refractivity contribution < 1.29 is 0 Å². The van der Waals surface area contributed by atoms with Gasteiger partial charge in [0.2, 0.25) is 0 Å². The van der Waals surface area contributed by atoms with Crippen molar-refractivity contribution in [3.63, 3.8) is 0 Å². The average molecular weight is 247 g/mol. The molecule has 0 radical (unpaired) electrons. The van der Waals surface area contributed by atoms with E-state index in [-0.39, 0.29) is 0 Å². The van der Waals surface area contributed by atoms with Crippen molar-refractivity contribution in [2.75, 3.05) is 23.3 Å². The van der Waals surface area contributed by atoms with Crippen LogP contribution in [0.25, 0.3) is 0 Å². The van der Waals surface area contributed by atoms with Crippen LogP contribution >= 0.6 is 27.9 Å². The maximum atomic E-state index is 3.43. The first-order chi connectivity index (χ1) is 5.76. The highest BCUT2D eigenvalue weighted by Gasteiger charge is 1.96. The summed E-state index contributed by atoms with van der Waals surface area (Å²) in [6.07, 6.45) is 2.00. The van der Waals surface area contributed by atoms with Crippen molar-refractivity contribution >= 4 is 39.3 Å². The number of halogens is 1. The van der Waals surface area contributed by atoms with Crippen LogP contribution in [-0.4, -0.2) is 13.3 Å². The van der Waals surface area contributed by atoms with Crippen molar-refractivity contribution in [1.82, 2.24) is 0 Å². The monoisotopic (exact) mass is 246 g/mol. The highest BCUT2D eigenvalue weighted by molar-refractivity contribution is 9.10. The molecule has 0 amide bonds. The van der Waals surface area contributed by atoms with Gasteiger partial charge < -0.3 is 10.0 Å². The number of rotatable bonds is 3. The molecule has 66 valence electrons. The summed E-state index contributed by atoms with van der Waals surface area (Å²) in [6, 6.07) is 6.13. The fraction of sp³-hybridized carbons (Fsp3) is 0.250. The number of anilines is 2. The molecule has 0 aliphatic rings. The molecular weight excluding hydrogens is 236 g/mol. The number of benzene rings is 1. The predicted octanol–water partition coefficient (Wildman–Crippen LogP) is 3.18. The Morgan fingerprint density at radius 1 is 1.25 bits per heavy atom. The van der Waals surface area contributed by atoms with Gasteiger partial charge in [-0.25, -0.2) is 0 Å². The Bertz CT molecular complexity index is 265. The fourth-order valence-corrected chi connectivity index (χ4v) is 1.76. The Balaban J connectivity index is 2.90. The lowest BCUT2D eigenvalue weighted by Crippen LogP contribution is -1.90. The van der Waals surface area contributed by atoms with Crippen molar-refractivity contribution in [2.24, 2.45) is 0 Å². The fourth-order valence-electron chi connectivity index (χ4n) is 0.911. The second-order valence-corrected chi connectivity index (χ2v) is 3.81. The van der Waals surface area contributed by atoms with Gasteiger partial charge in [0.15, 0.2) is 0 Å². The van der Waals surface area contributed by atoms with Crippen LogP contribution in [0.2, 0.25) is 0 Å². The summed E-state index contributed by atoms with van der Waals surface area (Å²) in [6.45, 7) is 0. The van der Waals surface area contributed by atoms with Crippen LogP contribution in [0.1, 0.15) is 0 Å². The van der Waals surface area contributed by atoms with Crippen molar-refractivity contribution in [1.29, 1.82) is 0 Å². The third-order valence-corrected chi connectivity index (χ3v) is 2.30. The first-order valence-electron chi connectivity index (χ1n) is 3.53. The standard InChI is InChI=1S/C8H11BrN2S/c1-10-7-3-6(9)4-8(5-7)11-12-2/h3-5,10-11H,1-2H3. The molecule has 1 aromatic rings. The summed E-state index contributed by atoms with van der Waals surface area (Å²) in [4.78, 5) is 0. The van der Waals surface area contributed by atoms with Crippen molar-refractivity contribution in [3.05, 3.63) is 22.7 Å². The smallest absolute Gasteiger partial charge is 0.0471 e. The van der Waals surface area contributed by atoms with E-state index in [2.05, 4.69) is 32.0 Å².